The molecule has 144 valence electrons. The summed E-state index contributed by atoms with van der Waals surface area (Å²) in [7, 11) is 1.38. The molecule has 7 nitrogen and oxygen atoms in total. The van der Waals surface area contributed by atoms with Crippen LogP contribution < -0.4 is 15.5 Å². The molecule has 0 atom stereocenters. The molecule has 0 bridgehead atoms. The number of aromatic hydroxyl groups is 1. The van der Waals surface area contributed by atoms with Gasteiger partial charge in [0.05, 0.1) is 18.5 Å². The van der Waals surface area contributed by atoms with Crippen LogP contribution in [-0.4, -0.2) is 34.4 Å². The summed E-state index contributed by atoms with van der Waals surface area (Å²) in [5.41, 5.74) is 0.645. The van der Waals surface area contributed by atoms with E-state index >= 15 is 0 Å². The molecule has 0 saturated heterocycles. The van der Waals surface area contributed by atoms with Gasteiger partial charge in [-0.1, -0.05) is 29.8 Å². The number of amides is 1. The second-order valence-electron chi connectivity index (χ2n) is 5.81. The summed E-state index contributed by atoms with van der Waals surface area (Å²) < 4.78 is 6.83. The van der Waals surface area contributed by atoms with Crippen molar-refractivity contribution in [1.82, 2.24) is 15.1 Å². The lowest BCUT2D eigenvalue weighted by molar-refractivity contribution is 0.0954. The fraction of sp³-hybridized carbons (Fsp3) is 0.150. The van der Waals surface area contributed by atoms with Gasteiger partial charge in [0.25, 0.3) is 11.3 Å². The number of carbonyl (C=O) groups is 1. The number of nitrogens with one attached hydrogen (secondary N) is 1. The van der Waals surface area contributed by atoms with Crippen LogP contribution in [0.5, 0.6) is 11.5 Å². The van der Waals surface area contributed by atoms with Crippen molar-refractivity contribution >= 4 is 17.5 Å². The van der Waals surface area contributed by atoms with Crippen LogP contribution in [0.15, 0.2) is 53.5 Å². The molecule has 1 aromatic heterocycles. The molecule has 0 aliphatic carbocycles. The van der Waals surface area contributed by atoms with Crippen molar-refractivity contribution in [2.24, 2.45) is 0 Å². The van der Waals surface area contributed by atoms with Crippen molar-refractivity contribution in [2.45, 2.75) is 6.92 Å². The third-order valence-corrected chi connectivity index (χ3v) is 4.36. The zero-order valence-electron chi connectivity index (χ0n) is 15.3. The largest absolute Gasteiger partial charge is 0.503 e. The Kier molecular flexibility index (Phi) is 5.65. The van der Waals surface area contributed by atoms with E-state index in [1.54, 1.807) is 30.3 Å². The number of rotatable bonds is 5. The molecule has 0 saturated carbocycles. The third-order valence-electron chi connectivity index (χ3n) is 4.03. The van der Waals surface area contributed by atoms with E-state index in [0.29, 0.717) is 34.2 Å². The van der Waals surface area contributed by atoms with Gasteiger partial charge in [0.15, 0.2) is 11.4 Å². The van der Waals surface area contributed by atoms with Crippen molar-refractivity contribution in [3.05, 3.63) is 69.6 Å². The molecule has 0 unspecified atom stereocenters. The minimum Gasteiger partial charge on any atom is -0.503 e. The van der Waals surface area contributed by atoms with E-state index in [1.807, 2.05) is 19.1 Å². The molecule has 0 radical (unpaired) electrons. The van der Waals surface area contributed by atoms with Gasteiger partial charge in [-0.25, -0.2) is 4.68 Å². The Hall–Kier alpha value is -3.32. The van der Waals surface area contributed by atoms with E-state index in [4.69, 9.17) is 16.3 Å². The first-order valence-electron chi connectivity index (χ1n) is 8.53. The first-order valence-corrected chi connectivity index (χ1v) is 8.91. The van der Waals surface area contributed by atoms with Crippen LogP contribution in [0.2, 0.25) is 5.02 Å². The van der Waals surface area contributed by atoms with Crippen LogP contribution in [0.25, 0.3) is 16.8 Å². The van der Waals surface area contributed by atoms with Gasteiger partial charge in [-0.15, -0.1) is 0 Å². The number of aromatic nitrogens is 2. The van der Waals surface area contributed by atoms with Crippen LogP contribution in [0.4, 0.5) is 0 Å². The standard InChI is InChI=1S/C20H18ClN3O4/c1-3-28-12-8-9-15(21)14(10-12)13-6-4-5-7-16(13)24-11-17(25)19(26)18(23-24)20(27)22-2/h4-11,25H,3H2,1-2H3,(H,22,27). The highest BCUT2D eigenvalue weighted by molar-refractivity contribution is 6.33. The van der Waals surface area contributed by atoms with Gasteiger partial charge in [0.2, 0.25) is 0 Å². The molecule has 0 aliphatic heterocycles. The maximum Gasteiger partial charge on any atom is 0.275 e. The van der Waals surface area contributed by atoms with Gasteiger partial charge in [0, 0.05) is 23.2 Å². The zero-order valence-corrected chi connectivity index (χ0v) is 16.0. The Morgan fingerprint density at radius 1 is 1.25 bits per heavy atom. The molecule has 28 heavy (non-hydrogen) atoms. The van der Waals surface area contributed by atoms with Gasteiger partial charge >= 0.3 is 0 Å². The van der Waals surface area contributed by atoms with E-state index in [-0.39, 0.29) is 0 Å². The number of carbonyl (C=O) groups excluding carboxylic acids is 1. The molecule has 0 spiro atoms. The SMILES string of the molecule is CCOc1ccc(Cl)c(-c2ccccc2-n2cc(O)c(=O)c(C(=O)NC)n2)c1. The summed E-state index contributed by atoms with van der Waals surface area (Å²) in [6.07, 6.45) is 1.16. The highest BCUT2D eigenvalue weighted by Crippen LogP contribution is 2.35. The van der Waals surface area contributed by atoms with E-state index < -0.39 is 22.8 Å². The van der Waals surface area contributed by atoms with Gasteiger partial charge in [-0.05, 0) is 31.2 Å². The second-order valence-corrected chi connectivity index (χ2v) is 6.21. The Balaban J connectivity index is 2.22. The lowest BCUT2D eigenvalue weighted by Gasteiger charge is -2.15. The topological polar surface area (TPSA) is 93.5 Å². The summed E-state index contributed by atoms with van der Waals surface area (Å²) in [5, 5.41) is 17.0. The number of nitrogens with zero attached hydrogens (tertiary/aromatic N) is 2. The summed E-state index contributed by atoms with van der Waals surface area (Å²) in [6.45, 7) is 2.39. The predicted molar refractivity (Wildman–Crippen MR) is 107 cm³/mol. The van der Waals surface area contributed by atoms with E-state index in [0.717, 1.165) is 6.20 Å². The molecule has 2 aromatic carbocycles. The fourth-order valence-electron chi connectivity index (χ4n) is 2.74. The lowest BCUT2D eigenvalue weighted by Crippen LogP contribution is -2.29. The minimum atomic E-state index is -0.843. The zero-order chi connectivity index (χ0) is 20.3. The second kappa shape index (κ2) is 8.14. The predicted octanol–water partition coefficient (Wildman–Crippen LogP) is 3.02. The maximum absolute atomic E-state index is 12.1. The molecule has 1 amide bonds. The van der Waals surface area contributed by atoms with E-state index in [1.165, 1.54) is 11.7 Å². The van der Waals surface area contributed by atoms with Gasteiger partial charge in [-0.3, -0.25) is 9.59 Å². The van der Waals surface area contributed by atoms with Crippen LogP contribution in [0, 0.1) is 0 Å². The molecule has 2 N–H and O–H groups in total. The molecule has 0 fully saturated rings. The Bertz CT molecular complexity index is 1100. The highest BCUT2D eigenvalue weighted by Gasteiger charge is 2.18. The van der Waals surface area contributed by atoms with Crippen molar-refractivity contribution in [3.63, 3.8) is 0 Å². The van der Waals surface area contributed by atoms with Gasteiger partial charge in [0.1, 0.15) is 5.75 Å². The van der Waals surface area contributed by atoms with E-state index in [2.05, 4.69) is 10.4 Å². The smallest absolute Gasteiger partial charge is 0.275 e. The van der Waals surface area contributed by atoms with Crippen molar-refractivity contribution in [2.75, 3.05) is 13.7 Å². The molecule has 3 aromatic rings. The monoisotopic (exact) mass is 399 g/mol. The number of hydrogen-bond acceptors (Lipinski definition) is 5. The van der Waals surface area contributed by atoms with Crippen LogP contribution in [0.3, 0.4) is 0 Å². The summed E-state index contributed by atoms with van der Waals surface area (Å²) in [5.74, 6) is -0.625. The highest BCUT2D eigenvalue weighted by atomic mass is 35.5. The summed E-state index contributed by atoms with van der Waals surface area (Å²) in [6, 6.07) is 12.5. The van der Waals surface area contributed by atoms with Gasteiger partial charge in [-0.2, -0.15) is 5.10 Å². The number of ether oxygens (including phenoxy) is 1. The number of hydrogen-bond donors (Lipinski definition) is 2. The molecule has 8 heteroatoms. The Labute approximate surface area is 166 Å². The summed E-state index contributed by atoms with van der Waals surface area (Å²) in [4.78, 5) is 24.0. The molecular weight excluding hydrogens is 382 g/mol. The average Bonchev–Trinajstić information content (AvgIpc) is 2.71. The Morgan fingerprint density at radius 2 is 2.00 bits per heavy atom. The first-order chi connectivity index (χ1) is 13.5. The fourth-order valence-corrected chi connectivity index (χ4v) is 2.96. The third kappa shape index (κ3) is 3.70. The van der Waals surface area contributed by atoms with Crippen molar-refractivity contribution in [3.8, 4) is 28.3 Å². The van der Waals surface area contributed by atoms with Crippen LogP contribution in [0.1, 0.15) is 17.4 Å². The molecule has 0 aliphatic rings. The Morgan fingerprint density at radius 3 is 2.71 bits per heavy atom. The molecule has 3 rings (SSSR count). The van der Waals surface area contributed by atoms with Crippen LogP contribution in [-0.2, 0) is 0 Å². The summed E-state index contributed by atoms with van der Waals surface area (Å²) >= 11 is 6.40. The number of para-hydroxylation sites is 1. The van der Waals surface area contributed by atoms with E-state index in [9.17, 15) is 14.7 Å². The normalized spacial score (nSPS) is 10.5. The molecule has 1 heterocycles. The van der Waals surface area contributed by atoms with Crippen molar-refractivity contribution in [1.29, 1.82) is 0 Å². The first kappa shape index (κ1) is 19.4. The minimum absolute atomic E-state index is 0.411. The molecular formula is C20H18ClN3O4. The van der Waals surface area contributed by atoms with Gasteiger partial charge < -0.3 is 15.2 Å². The lowest BCUT2D eigenvalue weighted by atomic mass is 10.0. The van der Waals surface area contributed by atoms with Crippen molar-refractivity contribution < 1.29 is 14.6 Å². The average molecular weight is 400 g/mol. The number of benzene rings is 2. The maximum atomic E-state index is 12.1. The quantitative estimate of drug-likeness (QED) is 0.687. The van der Waals surface area contributed by atoms with Crippen LogP contribution >= 0.6 is 11.6 Å². The number of halogens is 1.